The van der Waals surface area contributed by atoms with Crippen molar-refractivity contribution in [2.75, 3.05) is 0 Å². The maximum Gasteiger partial charge on any atom is 0.269 e. The lowest BCUT2D eigenvalue weighted by molar-refractivity contribution is -0.384. The van der Waals surface area contributed by atoms with E-state index in [0.717, 1.165) is 14.9 Å². The minimum Gasteiger partial charge on any atom is -0.258 e. The number of nitro groups is 1. The molecule has 0 aliphatic carbocycles. The molecule has 0 fully saturated rings. The summed E-state index contributed by atoms with van der Waals surface area (Å²) in [5.74, 6) is 0. The number of nitro benzene ring substituents is 1. The lowest BCUT2D eigenvalue weighted by Crippen LogP contribution is -1.86. The van der Waals surface area contributed by atoms with Crippen molar-refractivity contribution in [2.45, 2.75) is 0 Å². The second-order valence-electron chi connectivity index (χ2n) is 2.90. The van der Waals surface area contributed by atoms with Crippen LogP contribution >= 0.6 is 27.3 Å². The van der Waals surface area contributed by atoms with E-state index in [-0.39, 0.29) is 5.69 Å². The second-order valence-corrected chi connectivity index (χ2v) is 4.67. The smallest absolute Gasteiger partial charge is 0.258 e. The molecule has 1 heterocycles. The van der Waals surface area contributed by atoms with Gasteiger partial charge in [-0.2, -0.15) is 0 Å². The Morgan fingerprint density at radius 1 is 1.20 bits per heavy atom. The highest BCUT2D eigenvalue weighted by molar-refractivity contribution is 9.10. The monoisotopic (exact) mass is 283 g/mol. The lowest BCUT2D eigenvalue weighted by Gasteiger charge is -1.98. The Bertz CT molecular complexity index is 492. The molecule has 0 aliphatic heterocycles. The van der Waals surface area contributed by atoms with E-state index in [1.54, 1.807) is 23.5 Å². The third-order valence-corrected chi connectivity index (χ3v) is 3.84. The van der Waals surface area contributed by atoms with Gasteiger partial charge in [-0.25, -0.2) is 0 Å². The summed E-state index contributed by atoms with van der Waals surface area (Å²) in [5.41, 5.74) is 1.11. The highest BCUT2D eigenvalue weighted by atomic mass is 79.9. The zero-order valence-corrected chi connectivity index (χ0v) is 9.92. The lowest BCUT2D eigenvalue weighted by atomic mass is 10.2. The molecule has 0 radical (unpaired) electrons. The van der Waals surface area contributed by atoms with Crippen LogP contribution in [0.15, 0.2) is 40.2 Å². The molecule has 0 saturated heterocycles. The van der Waals surface area contributed by atoms with Crippen LogP contribution in [0.5, 0.6) is 0 Å². The van der Waals surface area contributed by atoms with Crippen LogP contribution < -0.4 is 0 Å². The van der Waals surface area contributed by atoms with Gasteiger partial charge < -0.3 is 0 Å². The van der Waals surface area contributed by atoms with Gasteiger partial charge in [0.1, 0.15) is 0 Å². The van der Waals surface area contributed by atoms with Crippen LogP contribution in [0.3, 0.4) is 0 Å². The van der Waals surface area contributed by atoms with Gasteiger partial charge in [-0.05, 0) is 45.1 Å². The molecule has 0 N–H and O–H groups in total. The van der Waals surface area contributed by atoms with E-state index in [0.29, 0.717) is 0 Å². The quantitative estimate of drug-likeness (QED) is 0.616. The first-order valence-corrected chi connectivity index (χ1v) is 5.83. The van der Waals surface area contributed by atoms with Crippen LogP contribution in [0, 0.1) is 10.1 Å². The zero-order chi connectivity index (χ0) is 10.8. The summed E-state index contributed by atoms with van der Waals surface area (Å²) in [5, 5.41) is 12.4. The Morgan fingerprint density at radius 3 is 2.33 bits per heavy atom. The fourth-order valence-corrected chi connectivity index (χ4v) is 2.84. The first-order valence-electron chi connectivity index (χ1n) is 4.16. The molecule has 1 aromatic carbocycles. The van der Waals surface area contributed by atoms with Gasteiger partial charge in [-0.15, -0.1) is 11.3 Å². The number of nitrogens with zero attached hydrogens (tertiary/aromatic N) is 1. The number of benzene rings is 1. The first-order chi connectivity index (χ1) is 7.18. The van der Waals surface area contributed by atoms with E-state index in [1.165, 1.54) is 12.1 Å². The van der Waals surface area contributed by atoms with Gasteiger partial charge in [-0.1, -0.05) is 0 Å². The van der Waals surface area contributed by atoms with Crippen molar-refractivity contribution in [2.24, 2.45) is 0 Å². The maximum atomic E-state index is 10.5. The van der Waals surface area contributed by atoms with Crippen LogP contribution in [0.1, 0.15) is 0 Å². The van der Waals surface area contributed by atoms with E-state index in [9.17, 15) is 10.1 Å². The molecule has 15 heavy (non-hydrogen) atoms. The standard InChI is InChI=1S/C10H6BrNO2S/c11-9-5-6-15-10(9)7-1-3-8(4-2-7)12(13)14/h1-6H. The molecule has 0 bridgehead atoms. The molecule has 0 unspecified atom stereocenters. The highest BCUT2D eigenvalue weighted by Crippen LogP contribution is 2.33. The number of hydrogen-bond acceptors (Lipinski definition) is 3. The molecule has 2 aromatic rings. The van der Waals surface area contributed by atoms with E-state index in [2.05, 4.69) is 15.9 Å². The summed E-state index contributed by atoms with van der Waals surface area (Å²) in [6, 6.07) is 8.51. The Kier molecular flexibility index (Phi) is 2.83. The fourth-order valence-electron chi connectivity index (χ4n) is 1.23. The predicted molar refractivity (Wildman–Crippen MR) is 64.1 cm³/mol. The van der Waals surface area contributed by atoms with Crippen molar-refractivity contribution in [1.29, 1.82) is 0 Å². The van der Waals surface area contributed by atoms with Crippen molar-refractivity contribution in [1.82, 2.24) is 0 Å². The van der Waals surface area contributed by atoms with E-state index >= 15 is 0 Å². The fraction of sp³-hybridized carbons (Fsp3) is 0. The van der Waals surface area contributed by atoms with Crippen LogP contribution in [0.25, 0.3) is 10.4 Å². The highest BCUT2D eigenvalue weighted by Gasteiger charge is 2.07. The van der Waals surface area contributed by atoms with Gasteiger partial charge in [0, 0.05) is 21.5 Å². The van der Waals surface area contributed by atoms with Crippen molar-refractivity contribution in [3.05, 3.63) is 50.3 Å². The molecule has 0 aliphatic rings. The second kappa shape index (κ2) is 4.12. The largest absolute Gasteiger partial charge is 0.269 e. The molecule has 0 saturated carbocycles. The molecular formula is C10H6BrNO2S. The Hall–Kier alpha value is -1.20. The van der Waals surface area contributed by atoms with Crippen LogP contribution in [0.4, 0.5) is 5.69 Å². The third kappa shape index (κ3) is 2.08. The van der Waals surface area contributed by atoms with Crippen molar-refractivity contribution < 1.29 is 4.92 Å². The Balaban J connectivity index is 2.40. The van der Waals surface area contributed by atoms with Gasteiger partial charge in [0.05, 0.1) is 4.92 Å². The van der Waals surface area contributed by atoms with E-state index in [4.69, 9.17) is 0 Å². The Labute approximate surface area is 98.6 Å². The van der Waals surface area contributed by atoms with Gasteiger partial charge in [-0.3, -0.25) is 10.1 Å². The topological polar surface area (TPSA) is 43.1 Å². The normalized spacial score (nSPS) is 10.2. The zero-order valence-electron chi connectivity index (χ0n) is 7.51. The van der Waals surface area contributed by atoms with Crippen LogP contribution in [-0.2, 0) is 0 Å². The number of non-ortho nitro benzene ring substituents is 1. The average molecular weight is 284 g/mol. The number of thiophene rings is 1. The molecule has 2 rings (SSSR count). The van der Waals surface area contributed by atoms with Gasteiger partial charge in [0.2, 0.25) is 0 Å². The summed E-state index contributed by atoms with van der Waals surface area (Å²) in [7, 11) is 0. The summed E-state index contributed by atoms with van der Waals surface area (Å²) in [6.07, 6.45) is 0. The molecule has 76 valence electrons. The number of halogens is 1. The molecule has 1 aromatic heterocycles. The third-order valence-electron chi connectivity index (χ3n) is 1.96. The molecule has 3 nitrogen and oxygen atoms in total. The summed E-state index contributed by atoms with van der Waals surface area (Å²) in [6.45, 7) is 0. The van der Waals surface area contributed by atoms with Gasteiger partial charge in [0.15, 0.2) is 0 Å². The maximum absolute atomic E-state index is 10.5. The number of hydrogen-bond donors (Lipinski definition) is 0. The Morgan fingerprint density at radius 2 is 1.87 bits per heavy atom. The molecule has 0 atom stereocenters. The minimum atomic E-state index is -0.396. The minimum absolute atomic E-state index is 0.117. The van der Waals surface area contributed by atoms with Crippen LogP contribution in [-0.4, -0.2) is 4.92 Å². The molecule has 0 amide bonds. The SMILES string of the molecule is O=[N+]([O-])c1ccc(-c2sccc2Br)cc1. The summed E-state index contributed by atoms with van der Waals surface area (Å²) in [4.78, 5) is 11.2. The first kappa shape index (κ1) is 10.3. The summed E-state index contributed by atoms with van der Waals surface area (Å²) >= 11 is 5.03. The summed E-state index contributed by atoms with van der Waals surface area (Å²) < 4.78 is 1.02. The van der Waals surface area contributed by atoms with E-state index < -0.39 is 4.92 Å². The predicted octanol–water partition coefficient (Wildman–Crippen LogP) is 4.09. The van der Waals surface area contributed by atoms with Gasteiger partial charge in [0.25, 0.3) is 5.69 Å². The average Bonchev–Trinajstić information content (AvgIpc) is 2.65. The number of rotatable bonds is 2. The molecule has 5 heteroatoms. The van der Waals surface area contributed by atoms with Crippen LogP contribution in [0.2, 0.25) is 0 Å². The van der Waals surface area contributed by atoms with Crippen molar-refractivity contribution in [3.8, 4) is 10.4 Å². The van der Waals surface area contributed by atoms with Crippen molar-refractivity contribution in [3.63, 3.8) is 0 Å². The van der Waals surface area contributed by atoms with E-state index in [1.807, 2.05) is 11.4 Å². The van der Waals surface area contributed by atoms with Crippen molar-refractivity contribution >= 4 is 33.0 Å². The van der Waals surface area contributed by atoms with Gasteiger partial charge >= 0.3 is 0 Å². The molecule has 0 spiro atoms. The molecular weight excluding hydrogens is 278 g/mol.